The van der Waals surface area contributed by atoms with Gasteiger partial charge in [0, 0.05) is 17.9 Å². The van der Waals surface area contributed by atoms with E-state index >= 15 is 0 Å². The van der Waals surface area contributed by atoms with Gasteiger partial charge in [-0.1, -0.05) is 32.6 Å². The van der Waals surface area contributed by atoms with Gasteiger partial charge in [0.1, 0.15) is 6.10 Å². The van der Waals surface area contributed by atoms with Crippen LogP contribution in [0.4, 0.5) is 0 Å². The van der Waals surface area contributed by atoms with Gasteiger partial charge in [-0.2, -0.15) is 11.8 Å². The van der Waals surface area contributed by atoms with Crippen molar-refractivity contribution in [2.75, 3.05) is 18.1 Å². The van der Waals surface area contributed by atoms with Crippen LogP contribution < -0.4 is 0 Å². The molecule has 0 amide bonds. The number of ketones is 1. The highest BCUT2D eigenvalue weighted by molar-refractivity contribution is 7.99. The first kappa shape index (κ1) is 13.0. The molecule has 1 saturated heterocycles. The second kappa shape index (κ2) is 8.17. The number of hydrogen-bond donors (Lipinski definition) is 0. The molecule has 3 heteroatoms. The van der Waals surface area contributed by atoms with E-state index in [1.165, 1.54) is 25.7 Å². The lowest BCUT2D eigenvalue weighted by atomic mass is 10.1. The molecule has 1 fully saturated rings. The highest BCUT2D eigenvalue weighted by atomic mass is 32.2. The van der Waals surface area contributed by atoms with E-state index in [9.17, 15) is 4.79 Å². The highest BCUT2D eigenvalue weighted by Gasteiger charge is 2.21. The van der Waals surface area contributed by atoms with Crippen molar-refractivity contribution in [1.29, 1.82) is 0 Å². The first-order valence-corrected chi connectivity index (χ1v) is 7.22. The monoisotopic (exact) mass is 230 g/mol. The average molecular weight is 230 g/mol. The number of unbranched alkanes of at least 4 members (excludes halogenated alkanes) is 4. The maximum absolute atomic E-state index is 11.7. The van der Waals surface area contributed by atoms with Crippen molar-refractivity contribution >= 4 is 17.5 Å². The Hall–Kier alpha value is -0.0200. The fourth-order valence-electron chi connectivity index (χ4n) is 1.74. The first-order chi connectivity index (χ1) is 7.34. The van der Waals surface area contributed by atoms with E-state index in [0.717, 1.165) is 31.0 Å². The van der Waals surface area contributed by atoms with Gasteiger partial charge in [0.25, 0.3) is 0 Å². The summed E-state index contributed by atoms with van der Waals surface area (Å²) in [6.07, 6.45) is 6.68. The molecular formula is C12H22O2S. The SMILES string of the molecule is CCCCCCCC(=O)C1CSCCO1. The lowest BCUT2D eigenvalue weighted by Gasteiger charge is -2.20. The summed E-state index contributed by atoms with van der Waals surface area (Å²) < 4.78 is 5.45. The quantitative estimate of drug-likeness (QED) is 0.629. The molecular weight excluding hydrogens is 208 g/mol. The second-order valence-electron chi connectivity index (χ2n) is 4.06. The molecule has 2 nitrogen and oxygen atoms in total. The Morgan fingerprint density at radius 2 is 2.13 bits per heavy atom. The number of thioether (sulfide) groups is 1. The van der Waals surface area contributed by atoms with Crippen LogP contribution in [0, 0.1) is 0 Å². The summed E-state index contributed by atoms with van der Waals surface area (Å²) in [5.74, 6) is 2.23. The Labute approximate surface area is 97.1 Å². The Morgan fingerprint density at radius 1 is 1.33 bits per heavy atom. The van der Waals surface area contributed by atoms with Crippen LogP contribution in [0.25, 0.3) is 0 Å². The van der Waals surface area contributed by atoms with Crippen LogP contribution in [0.3, 0.4) is 0 Å². The molecule has 0 saturated carbocycles. The number of carbonyl (C=O) groups is 1. The maximum Gasteiger partial charge on any atom is 0.162 e. The van der Waals surface area contributed by atoms with Crippen molar-refractivity contribution in [2.45, 2.75) is 51.6 Å². The number of hydrogen-bond acceptors (Lipinski definition) is 3. The molecule has 0 aromatic rings. The summed E-state index contributed by atoms with van der Waals surface area (Å²) >= 11 is 1.83. The Kier molecular flexibility index (Phi) is 7.11. The van der Waals surface area contributed by atoms with Gasteiger partial charge in [0.2, 0.25) is 0 Å². The van der Waals surface area contributed by atoms with Crippen molar-refractivity contribution < 1.29 is 9.53 Å². The van der Waals surface area contributed by atoms with Gasteiger partial charge in [0.15, 0.2) is 5.78 Å². The predicted molar refractivity (Wildman–Crippen MR) is 65.4 cm³/mol. The summed E-state index contributed by atoms with van der Waals surface area (Å²) in [7, 11) is 0. The Morgan fingerprint density at radius 3 is 2.80 bits per heavy atom. The summed E-state index contributed by atoms with van der Waals surface area (Å²) in [6.45, 7) is 2.95. The number of rotatable bonds is 7. The molecule has 1 aliphatic heterocycles. The van der Waals surface area contributed by atoms with Crippen LogP contribution in [0.5, 0.6) is 0 Å². The molecule has 1 heterocycles. The van der Waals surface area contributed by atoms with E-state index in [0.29, 0.717) is 5.78 Å². The van der Waals surface area contributed by atoms with Gasteiger partial charge in [-0.15, -0.1) is 0 Å². The lowest BCUT2D eigenvalue weighted by Crippen LogP contribution is -2.31. The molecule has 0 aliphatic carbocycles. The third-order valence-electron chi connectivity index (χ3n) is 2.70. The molecule has 0 bridgehead atoms. The standard InChI is InChI=1S/C12H22O2S/c1-2-3-4-5-6-7-11(13)12-10-15-9-8-14-12/h12H,2-10H2,1H3. The largest absolute Gasteiger partial charge is 0.369 e. The average Bonchev–Trinajstić information content (AvgIpc) is 2.30. The molecule has 1 rings (SSSR count). The second-order valence-corrected chi connectivity index (χ2v) is 5.21. The third kappa shape index (κ3) is 5.57. The van der Waals surface area contributed by atoms with Crippen LogP contribution >= 0.6 is 11.8 Å². The van der Waals surface area contributed by atoms with Gasteiger partial charge >= 0.3 is 0 Å². The van der Waals surface area contributed by atoms with Crippen LogP contribution in [0.1, 0.15) is 45.4 Å². The summed E-state index contributed by atoms with van der Waals surface area (Å²) in [4.78, 5) is 11.7. The molecule has 1 atom stereocenters. The molecule has 1 aliphatic rings. The molecule has 1 unspecified atom stereocenters. The Balaban J connectivity index is 2.02. The molecule has 15 heavy (non-hydrogen) atoms. The topological polar surface area (TPSA) is 26.3 Å². The third-order valence-corrected chi connectivity index (χ3v) is 3.70. The highest BCUT2D eigenvalue weighted by Crippen LogP contribution is 2.16. The van der Waals surface area contributed by atoms with Crippen LogP contribution in [0.15, 0.2) is 0 Å². The van der Waals surface area contributed by atoms with E-state index in [-0.39, 0.29) is 6.10 Å². The van der Waals surface area contributed by atoms with Gasteiger partial charge < -0.3 is 4.74 Å². The van der Waals surface area contributed by atoms with Crippen LogP contribution in [0.2, 0.25) is 0 Å². The minimum Gasteiger partial charge on any atom is -0.369 e. The van der Waals surface area contributed by atoms with E-state index in [4.69, 9.17) is 4.74 Å². The zero-order chi connectivity index (χ0) is 10.9. The molecule has 0 N–H and O–H groups in total. The van der Waals surface area contributed by atoms with Crippen molar-refractivity contribution in [2.24, 2.45) is 0 Å². The van der Waals surface area contributed by atoms with E-state index in [2.05, 4.69) is 6.92 Å². The predicted octanol–water partition coefficient (Wildman–Crippen LogP) is 3.05. The summed E-state index contributed by atoms with van der Waals surface area (Å²) in [6, 6.07) is 0. The minimum atomic E-state index is -0.102. The molecule has 0 radical (unpaired) electrons. The van der Waals surface area contributed by atoms with Crippen molar-refractivity contribution in [3.05, 3.63) is 0 Å². The fraction of sp³-hybridized carbons (Fsp3) is 0.917. The number of carbonyl (C=O) groups excluding carboxylic acids is 1. The number of ether oxygens (including phenoxy) is 1. The van der Waals surface area contributed by atoms with Gasteiger partial charge in [0.05, 0.1) is 6.61 Å². The summed E-state index contributed by atoms with van der Waals surface area (Å²) in [5, 5.41) is 0. The zero-order valence-electron chi connectivity index (χ0n) is 9.67. The lowest BCUT2D eigenvalue weighted by molar-refractivity contribution is -0.129. The molecule has 88 valence electrons. The molecule has 0 aromatic carbocycles. The molecule has 0 aromatic heterocycles. The molecule has 0 spiro atoms. The first-order valence-electron chi connectivity index (χ1n) is 6.06. The van der Waals surface area contributed by atoms with Crippen LogP contribution in [-0.4, -0.2) is 30.0 Å². The van der Waals surface area contributed by atoms with E-state index in [1.54, 1.807) is 0 Å². The van der Waals surface area contributed by atoms with Gasteiger partial charge in [-0.3, -0.25) is 4.79 Å². The fourth-order valence-corrected chi connectivity index (χ4v) is 2.61. The zero-order valence-corrected chi connectivity index (χ0v) is 10.5. The van der Waals surface area contributed by atoms with E-state index in [1.807, 2.05) is 11.8 Å². The summed E-state index contributed by atoms with van der Waals surface area (Å²) in [5.41, 5.74) is 0. The maximum atomic E-state index is 11.7. The normalized spacial score (nSPS) is 21.5. The number of Topliss-reactive ketones (excluding diaryl/α,β-unsaturated/α-hetero) is 1. The van der Waals surface area contributed by atoms with Crippen molar-refractivity contribution in [3.63, 3.8) is 0 Å². The minimum absolute atomic E-state index is 0.102. The van der Waals surface area contributed by atoms with E-state index < -0.39 is 0 Å². The van der Waals surface area contributed by atoms with Crippen molar-refractivity contribution in [1.82, 2.24) is 0 Å². The van der Waals surface area contributed by atoms with Crippen molar-refractivity contribution in [3.8, 4) is 0 Å². The Bertz CT molecular complexity index is 176. The van der Waals surface area contributed by atoms with Crippen LogP contribution in [-0.2, 0) is 9.53 Å². The smallest absolute Gasteiger partial charge is 0.162 e. The van der Waals surface area contributed by atoms with Gasteiger partial charge in [-0.05, 0) is 6.42 Å². The van der Waals surface area contributed by atoms with Gasteiger partial charge in [-0.25, -0.2) is 0 Å².